The molecule has 1 N–H and O–H groups in total. The molecule has 1 saturated heterocycles. The van der Waals surface area contributed by atoms with Gasteiger partial charge in [-0.15, -0.1) is 0 Å². The van der Waals surface area contributed by atoms with Crippen LogP contribution in [0.4, 0.5) is 0 Å². The summed E-state index contributed by atoms with van der Waals surface area (Å²) in [5.41, 5.74) is 2.58. The molecule has 3 rings (SSSR count). The van der Waals surface area contributed by atoms with Crippen LogP contribution < -0.4 is 14.8 Å². The number of nitrogens with zero attached hydrogens (tertiary/aromatic N) is 1. The molecule has 0 spiro atoms. The largest absolute Gasteiger partial charge is 0.486 e. The van der Waals surface area contributed by atoms with Gasteiger partial charge in [0.25, 0.3) is 0 Å². The first-order chi connectivity index (χ1) is 8.84. The molecule has 98 valence electrons. The summed E-state index contributed by atoms with van der Waals surface area (Å²) in [6.45, 7) is 8.77. The summed E-state index contributed by atoms with van der Waals surface area (Å²) < 4.78 is 11.5. The molecule has 4 nitrogen and oxygen atoms in total. The van der Waals surface area contributed by atoms with Crippen LogP contribution in [0.2, 0.25) is 0 Å². The van der Waals surface area contributed by atoms with E-state index < -0.39 is 0 Å². The van der Waals surface area contributed by atoms with Gasteiger partial charge in [0.05, 0.1) is 0 Å². The van der Waals surface area contributed by atoms with Crippen molar-refractivity contribution in [2.45, 2.75) is 13.5 Å². The van der Waals surface area contributed by atoms with E-state index in [9.17, 15) is 0 Å². The fourth-order valence-electron chi connectivity index (χ4n) is 2.56. The van der Waals surface area contributed by atoms with E-state index in [4.69, 9.17) is 9.47 Å². The van der Waals surface area contributed by atoms with Crippen molar-refractivity contribution in [3.63, 3.8) is 0 Å². The standard InChI is InChI=1S/C14H20N2O2/c1-11-2-3-13-14(18-9-8-17-13)12(11)10-16-6-4-15-5-7-16/h2-3,15H,4-10H2,1H3. The van der Waals surface area contributed by atoms with Crippen molar-refractivity contribution in [2.24, 2.45) is 0 Å². The van der Waals surface area contributed by atoms with Crippen molar-refractivity contribution in [1.82, 2.24) is 10.2 Å². The average Bonchev–Trinajstić information content (AvgIpc) is 2.43. The number of aryl methyl sites for hydroxylation is 1. The predicted octanol–water partition coefficient (Wildman–Crippen LogP) is 1.17. The summed E-state index contributed by atoms with van der Waals surface area (Å²) in [5, 5.41) is 3.38. The first kappa shape index (κ1) is 11.8. The number of hydrogen-bond acceptors (Lipinski definition) is 4. The highest BCUT2D eigenvalue weighted by molar-refractivity contribution is 5.51. The molecule has 0 unspecified atom stereocenters. The molecule has 0 saturated carbocycles. The summed E-state index contributed by atoms with van der Waals surface area (Å²) in [7, 11) is 0. The number of benzene rings is 1. The second-order valence-electron chi connectivity index (χ2n) is 4.91. The van der Waals surface area contributed by atoms with E-state index in [1.54, 1.807) is 0 Å². The van der Waals surface area contributed by atoms with Gasteiger partial charge in [-0.05, 0) is 18.6 Å². The van der Waals surface area contributed by atoms with Crippen molar-refractivity contribution < 1.29 is 9.47 Å². The lowest BCUT2D eigenvalue weighted by Crippen LogP contribution is -2.43. The van der Waals surface area contributed by atoms with Crippen molar-refractivity contribution in [1.29, 1.82) is 0 Å². The highest BCUT2D eigenvalue weighted by atomic mass is 16.6. The second-order valence-corrected chi connectivity index (χ2v) is 4.91. The van der Waals surface area contributed by atoms with Gasteiger partial charge in [-0.1, -0.05) is 6.07 Å². The van der Waals surface area contributed by atoms with Crippen LogP contribution in [0.5, 0.6) is 11.5 Å². The maximum Gasteiger partial charge on any atom is 0.166 e. The zero-order chi connectivity index (χ0) is 12.4. The Kier molecular flexibility index (Phi) is 3.39. The van der Waals surface area contributed by atoms with Gasteiger partial charge in [-0.2, -0.15) is 0 Å². The van der Waals surface area contributed by atoms with Crippen molar-refractivity contribution in [3.8, 4) is 11.5 Å². The van der Waals surface area contributed by atoms with Crippen LogP contribution in [-0.4, -0.2) is 44.3 Å². The summed E-state index contributed by atoms with van der Waals surface area (Å²) >= 11 is 0. The summed E-state index contributed by atoms with van der Waals surface area (Å²) in [6, 6.07) is 4.15. The first-order valence-electron chi connectivity index (χ1n) is 6.66. The molecular weight excluding hydrogens is 228 g/mol. The Morgan fingerprint density at radius 2 is 1.94 bits per heavy atom. The molecule has 0 aromatic heterocycles. The predicted molar refractivity (Wildman–Crippen MR) is 70.3 cm³/mol. The van der Waals surface area contributed by atoms with Gasteiger partial charge in [-0.25, -0.2) is 0 Å². The lowest BCUT2D eigenvalue weighted by atomic mass is 10.1. The Hall–Kier alpha value is -1.26. The van der Waals surface area contributed by atoms with Gasteiger partial charge in [-0.3, -0.25) is 4.90 Å². The first-order valence-corrected chi connectivity index (χ1v) is 6.66. The van der Waals surface area contributed by atoms with Crippen molar-refractivity contribution in [2.75, 3.05) is 39.4 Å². The van der Waals surface area contributed by atoms with E-state index in [1.165, 1.54) is 11.1 Å². The molecule has 4 heteroatoms. The summed E-state index contributed by atoms with van der Waals surface area (Å²) in [4.78, 5) is 2.47. The van der Waals surface area contributed by atoms with Gasteiger partial charge >= 0.3 is 0 Å². The molecule has 0 radical (unpaired) electrons. The Balaban J connectivity index is 1.85. The molecule has 0 aliphatic carbocycles. The molecule has 2 aliphatic rings. The number of nitrogens with one attached hydrogen (secondary N) is 1. The summed E-state index contributed by atoms with van der Waals surface area (Å²) in [6.07, 6.45) is 0. The molecule has 1 fully saturated rings. The third kappa shape index (κ3) is 2.31. The third-order valence-corrected chi connectivity index (χ3v) is 3.64. The number of hydrogen-bond donors (Lipinski definition) is 1. The molecule has 1 aromatic carbocycles. The van der Waals surface area contributed by atoms with Crippen LogP contribution in [0.3, 0.4) is 0 Å². The van der Waals surface area contributed by atoms with E-state index in [0.29, 0.717) is 13.2 Å². The monoisotopic (exact) mass is 248 g/mol. The minimum Gasteiger partial charge on any atom is -0.486 e. The molecule has 18 heavy (non-hydrogen) atoms. The van der Waals surface area contributed by atoms with E-state index in [0.717, 1.165) is 44.2 Å². The molecule has 0 bridgehead atoms. The van der Waals surface area contributed by atoms with Gasteiger partial charge in [0.15, 0.2) is 11.5 Å². The number of piperazine rings is 1. The lowest BCUT2D eigenvalue weighted by molar-refractivity contribution is 0.164. The highest BCUT2D eigenvalue weighted by Gasteiger charge is 2.20. The smallest absolute Gasteiger partial charge is 0.166 e. The topological polar surface area (TPSA) is 33.7 Å². The van der Waals surface area contributed by atoms with E-state index in [1.807, 2.05) is 6.07 Å². The lowest BCUT2D eigenvalue weighted by Gasteiger charge is -2.30. The number of rotatable bonds is 2. The van der Waals surface area contributed by atoms with Crippen LogP contribution in [-0.2, 0) is 6.54 Å². The summed E-state index contributed by atoms with van der Waals surface area (Å²) in [5.74, 6) is 1.86. The van der Waals surface area contributed by atoms with Crippen LogP contribution in [0.15, 0.2) is 12.1 Å². The molecule has 2 heterocycles. The zero-order valence-electron chi connectivity index (χ0n) is 10.9. The maximum atomic E-state index is 5.81. The third-order valence-electron chi connectivity index (χ3n) is 3.64. The molecule has 0 amide bonds. The quantitative estimate of drug-likeness (QED) is 0.852. The van der Waals surface area contributed by atoms with Crippen molar-refractivity contribution >= 4 is 0 Å². The van der Waals surface area contributed by atoms with Gasteiger partial charge in [0.1, 0.15) is 13.2 Å². The average molecular weight is 248 g/mol. The molecule has 0 atom stereocenters. The SMILES string of the molecule is Cc1ccc2c(c1CN1CCNCC1)OCCO2. The van der Waals surface area contributed by atoms with E-state index >= 15 is 0 Å². The maximum absolute atomic E-state index is 5.81. The van der Waals surface area contributed by atoms with Gasteiger partial charge in [0, 0.05) is 38.3 Å². The Labute approximate surface area is 108 Å². The normalized spacial score (nSPS) is 19.8. The van der Waals surface area contributed by atoms with Crippen LogP contribution >= 0.6 is 0 Å². The van der Waals surface area contributed by atoms with E-state index in [2.05, 4.69) is 23.2 Å². The van der Waals surface area contributed by atoms with Gasteiger partial charge < -0.3 is 14.8 Å². The minimum absolute atomic E-state index is 0.656. The number of ether oxygens (including phenoxy) is 2. The van der Waals surface area contributed by atoms with Crippen LogP contribution in [0.25, 0.3) is 0 Å². The molecular formula is C14H20N2O2. The fourth-order valence-corrected chi connectivity index (χ4v) is 2.56. The Bertz CT molecular complexity index is 428. The van der Waals surface area contributed by atoms with Crippen LogP contribution in [0.1, 0.15) is 11.1 Å². The number of fused-ring (bicyclic) bond motifs is 1. The van der Waals surface area contributed by atoms with Crippen molar-refractivity contribution in [3.05, 3.63) is 23.3 Å². The Morgan fingerprint density at radius 3 is 2.78 bits per heavy atom. The van der Waals surface area contributed by atoms with Crippen LogP contribution in [0, 0.1) is 6.92 Å². The molecule has 2 aliphatic heterocycles. The zero-order valence-corrected chi connectivity index (χ0v) is 10.9. The fraction of sp³-hybridized carbons (Fsp3) is 0.571. The molecule has 1 aromatic rings. The van der Waals surface area contributed by atoms with Gasteiger partial charge in [0.2, 0.25) is 0 Å². The second kappa shape index (κ2) is 5.16. The van der Waals surface area contributed by atoms with E-state index in [-0.39, 0.29) is 0 Å². The minimum atomic E-state index is 0.656. The Morgan fingerprint density at radius 1 is 1.17 bits per heavy atom. The highest BCUT2D eigenvalue weighted by Crippen LogP contribution is 2.36.